The molecule has 81 valence electrons. The van der Waals surface area contributed by atoms with E-state index in [1.54, 1.807) is 0 Å². The van der Waals surface area contributed by atoms with Crippen molar-refractivity contribution in [3.8, 4) is 0 Å². The molecule has 0 atom stereocenters. The van der Waals surface area contributed by atoms with E-state index < -0.39 is 0 Å². The Labute approximate surface area is 97.3 Å². The summed E-state index contributed by atoms with van der Waals surface area (Å²) in [6.45, 7) is 4.18. The highest BCUT2D eigenvalue weighted by molar-refractivity contribution is 5.87. The molecule has 0 aromatic heterocycles. The van der Waals surface area contributed by atoms with Crippen LogP contribution >= 0.6 is 0 Å². The van der Waals surface area contributed by atoms with Crippen LogP contribution in [-0.2, 0) is 0 Å². The third-order valence-corrected chi connectivity index (χ3v) is 3.80. The van der Waals surface area contributed by atoms with Crippen molar-refractivity contribution >= 4 is 10.8 Å². The summed E-state index contributed by atoms with van der Waals surface area (Å²) in [6, 6.07) is 13.2. The van der Waals surface area contributed by atoms with Crippen molar-refractivity contribution in [1.29, 1.82) is 0 Å². The Morgan fingerprint density at radius 1 is 1.00 bits per heavy atom. The molecule has 1 radical (unpaired) electrons. The molecule has 1 aliphatic carbocycles. The SMILES string of the molecule is [CH2]c1cc(C2CCCC2)cc2ccccc12. The number of fused-ring (bicyclic) bond motifs is 1. The van der Waals surface area contributed by atoms with Gasteiger partial charge < -0.3 is 0 Å². The van der Waals surface area contributed by atoms with Gasteiger partial charge in [0, 0.05) is 0 Å². The Morgan fingerprint density at radius 2 is 1.75 bits per heavy atom. The summed E-state index contributed by atoms with van der Waals surface area (Å²) in [5.74, 6) is 0.783. The van der Waals surface area contributed by atoms with Crippen molar-refractivity contribution in [3.63, 3.8) is 0 Å². The van der Waals surface area contributed by atoms with Crippen molar-refractivity contribution in [2.24, 2.45) is 0 Å². The summed E-state index contributed by atoms with van der Waals surface area (Å²) in [7, 11) is 0. The normalized spacial score (nSPS) is 17.1. The quantitative estimate of drug-likeness (QED) is 0.639. The number of rotatable bonds is 1. The third kappa shape index (κ3) is 1.63. The van der Waals surface area contributed by atoms with Gasteiger partial charge in [-0.05, 0) is 47.6 Å². The number of benzene rings is 2. The zero-order valence-electron chi connectivity index (χ0n) is 9.58. The Bertz CT molecular complexity index is 504. The first-order valence-electron chi connectivity index (χ1n) is 6.19. The maximum absolute atomic E-state index is 4.18. The van der Waals surface area contributed by atoms with Crippen LogP contribution in [0.3, 0.4) is 0 Å². The van der Waals surface area contributed by atoms with Crippen LogP contribution in [0.2, 0.25) is 0 Å². The molecule has 0 amide bonds. The molecular formula is C16H17. The van der Waals surface area contributed by atoms with E-state index in [1.165, 1.54) is 47.6 Å². The van der Waals surface area contributed by atoms with Crippen LogP contribution in [0.4, 0.5) is 0 Å². The van der Waals surface area contributed by atoms with Crippen LogP contribution in [-0.4, -0.2) is 0 Å². The van der Waals surface area contributed by atoms with E-state index in [2.05, 4.69) is 43.3 Å². The minimum Gasteiger partial charge on any atom is -0.0616 e. The highest BCUT2D eigenvalue weighted by atomic mass is 14.2. The Hall–Kier alpha value is -1.30. The van der Waals surface area contributed by atoms with E-state index in [-0.39, 0.29) is 0 Å². The van der Waals surface area contributed by atoms with Gasteiger partial charge in [0.25, 0.3) is 0 Å². The van der Waals surface area contributed by atoms with Gasteiger partial charge in [-0.2, -0.15) is 0 Å². The molecule has 0 N–H and O–H groups in total. The summed E-state index contributed by atoms with van der Waals surface area (Å²) < 4.78 is 0. The van der Waals surface area contributed by atoms with Gasteiger partial charge in [-0.15, -0.1) is 0 Å². The molecule has 0 heterocycles. The maximum atomic E-state index is 4.18. The molecule has 1 aliphatic rings. The molecule has 0 bridgehead atoms. The molecule has 0 spiro atoms. The molecule has 0 heteroatoms. The fraction of sp³-hybridized carbons (Fsp3) is 0.312. The lowest BCUT2D eigenvalue weighted by molar-refractivity contribution is 0.724. The van der Waals surface area contributed by atoms with Crippen molar-refractivity contribution in [1.82, 2.24) is 0 Å². The van der Waals surface area contributed by atoms with Crippen molar-refractivity contribution in [3.05, 3.63) is 54.4 Å². The van der Waals surface area contributed by atoms with E-state index in [0.29, 0.717) is 0 Å². The summed E-state index contributed by atoms with van der Waals surface area (Å²) in [6.07, 6.45) is 5.50. The molecule has 3 rings (SSSR count). The van der Waals surface area contributed by atoms with Gasteiger partial charge in [-0.3, -0.25) is 0 Å². The number of hydrogen-bond acceptors (Lipinski definition) is 0. The second-order valence-electron chi connectivity index (χ2n) is 4.88. The summed E-state index contributed by atoms with van der Waals surface area (Å²) in [4.78, 5) is 0. The maximum Gasteiger partial charge on any atom is -0.0152 e. The van der Waals surface area contributed by atoms with E-state index in [9.17, 15) is 0 Å². The second kappa shape index (κ2) is 3.93. The highest BCUT2D eigenvalue weighted by Crippen LogP contribution is 2.36. The van der Waals surface area contributed by atoms with Crippen molar-refractivity contribution < 1.29 is 0 Å². The van der Waals surface area contributed by atoms with Crippen LogP contribution in [0.15, 0.2) is 36.4 Å². The fourth-order valence-electron chi connectivity index (χ4n) is 2.91. The van der Waals surface area contributed by atoms with Gasteiger partial charge in [-0.1, -0.05) is 49.2 Å². The summed E-state index contributed by atoms with van der Waals surface area (Å²) in [5.41, 5.74) is 2.68. The largest absolute Gasteiger partial charge is 0.0616 e. The van der Waals surface area contributed by atoms with E-state index in [0.717, 1.165) is 5.92 Å². The summed E-state index contributed by atoms with van der Waals surface area (Å²) in [5, 5.41) is 2.64. The lowest BCUT2D eigenvalue weighted by Gasteiger charge is -2.12. The second-order valence-corrected chi connectivity index (χ2v) is 4.88. The first-order valence-corrected chi connectivity index (χ1v) is 6.19. The van der Waals surface area contributed by atoms with Crippen LogP contribution in [0.5, 0.6) is 0 Å². The van der Waals surface area contributed by atoms with E-state index >= 15 is 0 Å². The predicted octanol–water partition coefficient (Wildman–Crippen LogP) is 4.68. The van der Waals surface area contributed by atoms with Crippen molar-refractivity contribution in [2.45, 2.75) is 31.6 Å². The smallest absolute Gasteiger partial charge is 0.0152 e. The molecule has 0 nitrogen and oxygen atoms in total. The first-order chi connectivity index (χ1) is 7.84. The Kier molecular flexibility index (Phi) is 2.43. The molecule has 1 saturated carbocycles. The zero-order chi connectivity index (χ0) is 11.0. The monoisotopic (exact) mass is 209 g/mol. The van der Waals surface area contributed by atoms with Crippen LogP contribution < -0.4 is 0 Å². The average Bonchev–Trinajstić information content (AvgIpc) is 2.82. The Morgan fingerprint density at radius 3 is 2.56 bits per heavy atom. The van der Waals surface area contributed by atoms with Crippen LogP contribution in [0.25, 0.3) is 10.8 Å². The lowest BCUT2D eigenvalue weighted by atomic mass is 9.93. The molecule has 2 aromatic rings. The first kappa shape index (κ1) is 9.89. The lowest BCUT2D eigenvalue weighted by Crippen LogP contribution is -1.93. The van der Waals surface area contributed by atoms with Gasteiger partial charge >= 0.3 is 0 Å². The number of hydrogen-bond donors (Lipinski definition) is 0. The van der Waals surface area contributed by atoms with E-state index in [1.807, 2.05) is 0 Å². The average molecular weight is 209 g/mol. The highest BCUT2D eigenvalue weighted by Gasteiger charge is 2.17. The third-order valence-electron chi connectivity index (χ3n) is 3.80. The van der Waals surface area contributed by atoms with Crippen LogP contribution in [0.1, 0.15) is 42.7 Å². The zero-order valence-corrected chi connectivity index (χ0v) is 9.58. The molecule has 0 unspecified atom stereocenters. The standard InChI is InChI=1S/C16H17/c1-12-10-15(13-6-2-3-7-13)11-14-8-4-5-9-16(12)14/h4-5,8-11,13H,1-3,6-7H2. The molecule has 0 aliphatic heterocycles. The van der Waals surface area contributed by atoms with Crippen molar-refractivity contribution in [2.75, 3.05) is 0 Å². The van der Waals surface area contributed by atoms with Gasteiger partial charge in [0.05, 0.1) is 0 Å². The summed E-state index contributed by atoms with van der Waals surface area (Å²) >= 11 is 0. The van der Waals surface area contributed by atoms with Crippen LogP contribution in [0, 0.1) is 6.92 Å². The predicted molar refractivity (Wildman–Crippen MR) is 69.6 cm³/mol. The molecule has 1 fully saturated rings. The topological polar surface area (TPSA) is 0 Å². The fourth-order valence-corrected chi connectivity index (χ4v) is 2.91. The minimum absolute atomic E-state index is 0.783. The van der Waals surface area contributed by atoms with Gasteiger partial charge in [0.15, 0.2) is 0 Å². The Balaban J connectivity index is 2.13. The molecule has 0 saturated heterocycles. The van der Waals surface area contributed by atoms with Gasteiger partial charge in [0.1, 0.15) is 0 Å². The molecule has 2 aromatic carbocycles. The van der Waals surface area contributed by atoms with E-state index in [4.69, 9.17) is 0 Å². The molecule has 16 heavy (non-hydrogen) atoms. The molecular weight excluding hydrogens is 192 g/mol. The van der Waals surface area contributed by atoms with Gasteiger partial charge in [0.2, 0.25) is 0 Å². The van der Waals surface area contributed by atoms with Gasteiger partial charge in [-0.25, -0.2) is 0 Å². The minimum atomic E-state index is 0.783.